The molecule has 0 saturated heterocycles. The van der Waals surface area contributed by atoms with Gasteiger partial charge < -0.3 is 25.2 Å². The lowest BCUT2D eigenvalue weighted by Gasteiger charge is -2.18. The third kappa shape index (κ3) is 45.7. The van der Waals surface area contributed by atoms with Crippen LogP contribution >= 0.6 is 7.82 Å². The quantitative estimate of drug-likeness (QED) is 0.0199. The predicted octanol–water partition coefficient (Wildman–Crippen LogP) is 13.9. The summed E-state index contributed by atoms with van der Waals surface area (Å²) >= 11 is 0. The van der Waals surface area contributed by atoms with Gasteiger partial charge in [0, 0.05) is 12.8 Å². The van der Waals surface area contributed by atoms with E-state index < -0.39 is 57.6 Å². The van der Waals surface area contributed by atoms with Crippen LogP contribution < -0.4 is 5.32 Å². The minimum atomic E-state index is -4.77. The number of nitrogens with one attached hydrogen (secondary N) is 1. The molecule has 0 aromatic carbocycles. The Balaban J connectivity index is 3.87. The number of phosphoric ester groups is 1. The van der Waals surface area contributed by atoms with Crippen LogP contribution in [0.4, 0.5) is 0 Å². The molecule has 0 rings (SSSR count). The highest BCUT2D eigenvalue weighted by Gasteiger charge is 2.28. The van der Waals surface area contributed by atoms with Gasteiger partial charge in [0.25, 0.3) is 0 Å². The van der Waals surface area contributed by atoms with E-state index in [1.165, 1.54) is 83.5 Å². The average Bonchev–Trinajstić information content (AvgIpc) is 3.27. The molecule has 0 saturated carbocycles. The lowest BCUT2D eigenvalue weighted by atomic mass is 10.0. The van der Waals surface area contributed by atoms with Gasteiger partial charge in [-0.05, 0) is 57.8 Å². The van der Waals surface area contributed by atoms with E-state index in [2.05, 4.69) is 79.9 Å². The fourth-order valence-corrected chi connectivity index (χ4v) is 7.70. The van der Waals surface area contributed by atoms with Crippen LogP contribution in [0.1, 0.15) is 219 Å². The average molecular weight is 922 g/mol. The molecule has 370 valence electrons. The van der Waals surface area contributed by atoms with Crippen molar-refractivity contribution in [3.63, 3.8) is 0 Å². The number of carbonyl (C=O) groups is 3. The molecular weight excluding hydrogens is 830 g/mol. The van der Waals surface area contributed by atoms with Gasteiger partial charge >= 0.3 is 19.8 Å². The van der Waals surface area contributed by atoms with Crippen molar-refractivity contribution in [1.29, 1.82) is 0 Å². The molecular formula is C52H92NO10P. The van der Waals surface area contributed by atoms with E-state index in [-0.39, 0.29) is 12.8 Å². The van der Waals surface area contributed by atoms with Gasteiger partial charge in [-0.3, -0.25) is 18.6 Å². The van der Waals surface area contributed by atoms with Crippen molar-refractivity contribution < 1.29 is 47.8 Å². The van der Waals surface area contributed by atoms with Crippen molar-refractivity contribution in [3.05, 3.63) is 60.8 Å². The number of phosphoric acid groups is 1. The largest absolute Gasteiger partial charge is 0.480 e. The van der Waals surface area contributed by atoms with E-state index in [1.54, 1.807) is 0 Å². The van der Waals surface area contributed by atoms with Gasteiger partial charge in [-0.1, -0.05) is 209 Å². The van der Waals surface area contributed by atoms with E-state index in [9.17, 15) is 34.1 Å². The van der Waals surface area contributed by atoms with Crippen LogP contribution in [0, 0.1) is 0 Å². The molecule has 0 aliphatic rings. The molecule has 11 nitrogen and oxygen atoms in total. The summed E-state index contributed by atoms with van der Waals surface area (Å²) in [6.07, 6.45) is 55.2. The van der Waals surface area contributed by atoms with Crippen LogP contribution in [0.2, 0.25) is 0 Å². The fourth-order valence-electron chi connectivity index (χ4n) is 6.93. The van der Waals surface area contributed by atoms with Crippen molar-refractivity contribution in [2.45, 2.75) is 231 Å². The zero-order valence-corrected chi connectivity index (χ0v) is 41.2. The molecule has 0 aromatic rings. The van der Waals surface area contributed by atoms with Gasteiger partial charge in [0.1, 0.15) is 12.7 Å². The number of esters is 1. The summed E-state index contributed by atoms with van der Waals surface area (Å²) in [4.78, 5) is 46.1. The number of unbranched alkanes of at least 4 members (excludes halogenated alkanes) is 23. The number of carbonyl (C=O) groups excluding carboxylic acids is 2. The number of hydrogen-bond acceptors (Lipinski definition) is 8. The van der Waals surface area contributed by atoms with E-state index in [4.69, 9.17) is 13.8 Å². The molecule has 0 fully saturated rings. The smallest absolute Gasteiger partial charge is 0.472 e. The summed E-state index contributed by atoms with van der Waals surface area (Å²) in [5.41, 5.74) is 0. The third-order valence-electron chi connectivity index (χ3n) is 10.8. The molecule has 3 unspecified atom stereocenters. The summed E-state index contributed by atoms with van der Waals surface area (Å²) < 4.78 is 26.9. The first-order chi connectivity index (χ1) is 31.1. The molecule has 0 heterocycles. The minimum Gasteiger partial charge on any atom is -0.480 e. The van der Waals surface area contributed by atoms with Crippen LogP contribution in [-0.2, 0) is 32.7 Å². The molecule has 0 aromatic heterocycles. The number of aliphatic hydroxyl groups is 1. The number of carboxylic acid groups (broad SMARTS) is 1. The fraction of sp³-hybridized carbons (Fsp3) is 0.750. The molecule has 0 spiro atoms. The summed E-state index contributed by atoms with van der Waals surface area (Å²) in [6.45, 7) is 2.50. The van der Waals surface area contributed by atoms with E-state index in [0.717, 1.165) is 96.3 Å². The van der Waals surface area contributed by atoms with Gasteiger partial charge in [0.15, 0.2) is 6.04 Å². The highest BCUT2D eigenvalue weighted by atomic mass is 31.2. The number of amides is 1. The first-order valence-corrected chi connectivity index (χ1v) is 26.8. The third-order valence-corrected chi connectivity index (χ3v) is 11.8. The minimum absolute atomic E-state index is 0.131. The van der Waals surface area contributed by atoms with E-state index >= 15 is 0 Å². The number of hydrogen-bond donors (Lipinski definition) is 4. The maximum absolute atomic E-state index is 12.4. The van der Waals surface area contributed by atoms with Crippen LogP contribution in [0.3, 0.4) is 0 Å². The second kappa shape index (κ2) is 46.7. The summed E-state index contributed by atoms with van der Waals surface area (Å²) in [6, 6.07) is -1.56. The molecule has 4 N–H and O–H groups in total. The van der Waals surface area contributed by atoms with Gasteiger partial charge in [-0.25, -0.2) is 9.36 Å². The second-order valence-electron chi connectivity index (χ2n) is 17.0. The summed E-state index contributed by atoms with van der Waals surface area (Å²) in [5.74, 6) is -2.38. The maximum Gasteiger partial charge on any atom is 0.472 e. The second-order valence-corrected chi connectivity index (χ2v) is 18.4. The lowest BCUT2D eigenvalue weighted by Crippen LogP contribution is -2.43. The van der Waals surface area contributed by atoms with Crippen LogP contribution in [0.25, 0.3) is 0 Å². The van der Waals surface area contributed by atoms with E-state index in [1.807, 2.05) is 0 Å². The monoisotopic (exact) mass is 922 g/mol. The number of ether oxygens (including phenoxy) is 1. The Kier molecular flexibility index (Phi) is 44.6. The number of carboxylic acids is 1. The first-order valence-electron chi connectivity index (χ1n) is 25.3. The number of aliphatic hydroxyl groups excluding tert-OH is 1. The first kappa shape index (κ1) is 61.2. The zero-order chi connectivity index (χ0) is 47.0. The van der Waals surface area contributed by atoms with Crippen LogP contribution in [-0.4, -0.2) is 64.9 Å². The van der Waals surface area contributed by atoms with Gasteiger partial charge in [-0.15, -0.1) is 0 Å². The number of rotatable bonds is 47. The molecule has 0 bridgehead atoms. The summed E-state index contributed by atoms with van der Waals surface area (Å²) in [5, 5.41) is 21.9. The lowest BCUT2D eigenvalue weighted by molar-refractivity contribution is -0.147. The Morgan fingerprint density at radius 1 is 0.516 bits per heavy atom. The number of allylic oxidation sites excluding steroid dienone is 10. The van der Waals surface area contributed by atoms with Crippen molar-refractivity contribution in [2.75, 3.05) is 19.8 Å². The highest BCUT2D eigenvalue weighted by Crippen LogP contribution is 2.43. The van der Waals surface area contributed by atoms with Crippen molar-refractivity contribution in [1.82, 2.24) is 5.32 Å². The zero-order valence-electron chi connectivity index (χ0n) is 40.3. The van der Waals surface area contributed by atoms with Crippen LogP contribution in [0.15, 0.2) is 60.8 Å². The molecule has 3 atom stereocenters. The molecule has 64 heavy (non-hydrogen) atoms. The Morgan fingerprint density at radius 3 is 1.36 bits per heavy atom. The van der Waals surface area contributed by atoms with Crippen LogP contribution in [0.5, 0.6) is 0 Å². The predicted molar refractivity (Wildman–Crippen MR) is 263 cm³/mol. The Bertz CT molecular complexity index is 1310. The van der Waals surface area contributed by atoms with Crippen molar-refractivity contribution in [2.24, 2.45) is 0 Å². The molecule has 0 radical (unpaired) electrons. The van der Waals surface area contributed by atoms with Gasteiger partial charge in [0.05, 0.1) is 13.2 Å². The van der Waals surface area contributed by atoms with Gasteiger partial charge in [0.2, 0.25) is 5.91 Å². The Labute approximate surface area is 389 Å². The SMILES string of the molecule is CC/C=C\C/C=C\C/C=C\C/C=C\C/C=C\CCCCCCCCCC(=O)NC(COP(=O)(O)OCC(O)COC(=O)CCCCCCCCCCCCCCCCCCC)C(=O)O. The standard InChI is InChI=1S/C52H92NO10P/c1-3-5-7-9-11-13-15-17-19-21-22-23-24-25-26-28-29-31-33-35-37-39-41-43-50(55)53-49(52(57)58)47-63-64(59,60)62-46-48(54)45-61-51(56)44-42-40-38-36-34-32-30-27-20-18-16-14-12-10-8-6-4-2/h5,7,11,13,17,19,22-23,25-26,48-49,54H,3-4,6,8-10,12,14-16,18,20-21,24,27-47H2,1-2H3,(H,53,55)(H,57,58)(H,59,60)/b7-5-,13-11-,19-17-,23-22-,26-25-. The normalized spacial score (nSPS) is 14.1. The number of aliphatic carboxylic acids is 1. The Hall–Kier alpha value is -2.82. The maximum atomic E-state index is 12.4. The summed E-state index contributed by atoms with van der Waals surface area (Å²) in [7, 11) is -4.77. The highest BCUT2D eigenvalue weighted by molar-refractivity contribution is 7.47. The molecule has 1 amide bonds. The Morgan fingerprint density at radius 2 is 0.906 bits per heavy atom. The van der Waals surface area contributed by atoms with Crippen molar-refractivity contribution >= 4 is 25.7 Å². The van der Waals surface area contributed by atoms with E-state index in [0.29, 0.717) is 12.8 Å². The topological polar surface area (TPSA) is 169 Å². The molecule has 0 aliphatic heterocycles. The molecule has 0 aliphatic carbocycles. The van der Waals surface area contributed by atoms with Gasteiger partial charge in [-0.2, -0.15) is 0 Å². The van der Waals surface area contributed by atoms with Crippen molar-refractivity contribution in [3.8, 4) is 0 Å². The molecule has 12 heteroatoms.